The van der Waals surface area contributed by atoms with E-state index in [2.05, 4.69) is 0 Å². The van der Waals surface area contributed by atoms with Gasteiger partial charge in [0.25, 0.3) is 0 Å². The standard InChI is InChI=1S/7CH4.2Li/h7*1H4;;. The summed E-state index contributed by atoms with van der Waals surface area (Å²) >= 11 is 0. The second-order valence-corrected chi connectivity index (χ2v) is 0. The molecular formula is C7H28Li2. The molecule has 0 aromatic rings. The Balaban J connectivity index is 0. The monoisotopic (exact) mass is 126 g/mol. The van der Waals surface area contributed by atoms with E-state index < -0.39 is 0 Å². The summed E-state index contributed by atoms with van der Waals surface area (Å²) in [5.41, 5.74) is 0. The van der Waals surface area contributed by atoms with Crippen LogP contribution in [0.3, 0.4) is 0 Å². The topological polar surface area (TPSA) is 0 Å². The van der Waals surface area contributed by atoms with Gasteiger partial charge in [0.1, 0.15) is 0 Å². The summed E-state index contributed by atoms with van der Waals surface area (Å²) in [4.78, 5) is 0. The Morgan fingerprint density at radius 2 is 0.222 bits per heavy atom. The van der Waals surface area contributed by atoms with Crippen LogP contribution in [0.2, 0.25) is 0 Å². The minimum atomic E-state index is 0. The Hall–Kier alpha value is 1.19. The quantitative estimate of drug-likeness (QED) is 0.434. The molecular weight excluding hydrogens is 98.0 g/mol. The molecule has 0 amide bonds. The average molecular weight is 126 g/mol. The minimum absolute atomic E-state index is 0. The van der Waals surface area contributed by atoms with Gasteiger partial charge in [0.15, 0.2) is 0 Å². The summed E-state index contributed by atoms with van der Waals surface area (Å²) < 4.78 is 0. The first-order chi connectivity index (χ1) is 0. The summed E-state index contributed by atoms with van der Waals surface area (Å²) in [6, 6.07) is 0. The van der Waals surface area contributed by atoms with Crippen LogP contribution in [0.25, 0.3) is 0 Å². The van der Waals surface area contributed by atoms with Crippen LogP contribution in [0.1, 0.15) is 52.0 Å². The van der Waals surface area contributed by atoms with Crippen molar-refractivity contribution in [3.63, 3.8) is 0 Å². The van der Waals surface area contributed by atoms with Gasteiger partial charge in [0, 0.05) is 37.7 Å². The Morgan fingerprint density at radius 1 is 0.222 bits per heavy atom. The van der Waals surface area contributed by atoms with E-state index in [4.69, 9.17) is 0 Å². The van der Waals surface area contributed by atoms with Crippen LogP contribution in [0, 0.1) is 0 Å². The third-order valence-electron chi connectivity index (χ3n) is 0. The van der Waals surface area contributed by atoms with E-state index in [1.165, 1.54) is 0 Å². The van der Waals surface area contributed by atoms with Crippen molar-refractivity contribution in [1.29, 1.82) is 0 Å². The van der Waals surface area contributed by atoms with E-state index in [0.29, 0.717) is 0 Å². The van der Waals surface area contributed by atoms with E-state index in [1.807, 2.05) is 0 Å². The predicted molar refractivity (Wildman–Crippen MR) is 58.6 cm³/mol. The normalized spacial score (nSPS) is 0. The maximum atomic E-state index is 0. The largest absolute Gasteiger partial charge is 0.0776 e. The second kappa shape index (κ2) is 433. The fourth-order valence-corrected chi connectivity index (χ4v) is 0. The molecule has 0 unspecified atom stereocenters. The Morgan fingerprint density at radius 3 is 0.222 bits per heavy atom. The van der Waals surface area contributed by atoms with Crippen LogP contribution >= 0.6 is 0 Å². The first kappa shape index (κ1) is 604. The van der Waals surface area contributed by atoms with Gasteiger partial charge in [-0.3, -0.25) is 0 Å². The van der Waals surface area contributed by atoms with E-state index in [0.717, 1.165) is 0 Å². The van der Waals surface area contributed by atoms with Crippen LogP contribution in [0.5, 0.6) is 0 Å². The maximum Gasteiger partial charge on any atom is 0 e. The van der Waals surface area contributed by atoms with E-state index in [-0.39, 0.29) is 89.7 Å². The van der Waals surface area contributed by atoms with Crippen molar-refractivity contribution in [2.75, 3.05) is 0 Å². The maximum absolute atomic E-state index is 0. The van der Waals surface area contributed by atoms with Crippen LogP contribution < -0.4 is 0 Å². The van der Waals surface area contributed by atoms with Crippen molar-refractivity contribution in [1.82, 2.24) is 0 Å². The summed E-state index contributed by atoms with van der Waals surface area (Å²) in [6.45, 7) is 0. The molecule has 0 N–H and O–H groups in total. The van der Waals surface area contributed by atoms with Crippen LogP contribution in [0.15, 0.2) is 0 Å². The molecule has 0 aromatic heterocycles. The Labute approximate surface area is 89.6 Å². The molecule has 0 aliphatic carbocycles. The van der Waals surface area contributed by atoms with Crippen LogP contribution in [-0.4, -0.2) is 37.7 Å². The van der Waals surface area contributed by atoms with Crippen LogP contribution in [0.4, 0.5) is 0 Å². The zero-order valence-corrected chi connectivity index (χ0v) is 2.00. The molecule has 0 saturated heterocycles. The SMILES string of the molecule is C.C.C.C.C.C.C.[Li].[Li]. The summed E-state index contributed by atoms with van der Waals surface area (Å²) in [5.74, 6) is 0. The Kier molecular flexibility index (Phi) is 29000. The molecule has 0 aliphatic rings. The molecule has 0 saturated carbocycles. The predicted octanol–water partition coefficient (Wildman–Crippen LogP) is 3.69. The van der Waals surface area contributed by atoms with Gasteiger partial charge in [-0.25, -0.2) is 0 Å². The van der Waals surface area contributed by atoms with Crippen molar-refractivity contribution in [3.05, 3.63) is 0 Å². The molecule has 0 atom stereocenters. The number of rotatable bonds is 0. The third-order valence-corrected chi connectivity index (χ3v) is 0. The van der Waals surface area contributed by atoms with Gasteiger partial charge in [-0.15, -0.1) is 0 Å². The number of hydrogen-bond acceptors (Lipinski definition) is 0. The van der Waals surface area contributed by atoms with E-state index >= 15 is 0 Å². The van der Waals surface area contributed by atoms with Crippen molar-refractivity contribution in [2.24, 2.45) is 0 Å². The third kappa shape index (κ3) is 333. The molecule has 0 aliphatic heterocycles. The average Bonchev–Trinajstić information content (AvgIpc) is 0. The van der Waals surface area contributed by atoms with Gasteiger partial charge >= 0.3 is 0 Å². The van der Waals surface area contributed by atoms with Crippen molar-refractivity contribution in [2.45, 2.75) is 52.0 Å². The number of hydrogen-bond donors (Lipinski definition) is 0. The smallest absolute Gasteiger partial charge is 0 e. The first-order valence-electron chi connectivity index (χ1n) is 0. The summed E-state index contributed by atoms with van der Waals surface area (Å²) in [7, 11) is 0. The molecule has 9 heavy (non-hydrogen) atoms. The molecule has 0 nitrogen and oxygen atoms in total. The molecule has 2 heteroatoms. The van der Waals surface area contributed by atoms with Crippen molar-refractivity contribution in [3.8, 4) is 0 Å². The van der Waals surface area contributed by atoms with Crippen molar-refractivity contribution < 1.29 is 0 Å². The fourth-order valence-electron chi connectivity index (χ4n) is 0. The van der Waals surface area contributed by atoms with Gasteiger partial charge in [0.05, 0.1) is 0 Å². The van der Waals surface area contributed by atoms with E-state index in [1.54, 1.807) is 0 Å². The summed E-state index contributed by atoms with van der Waals surface area (Å²) in [6.07, 6.45) is 0. The van der Waals surface area contributed by atoms with Gasteiger partial charge in [-0.1, -0.05) is 52.0 Å². The molecule has 0 spiro atoms. The van der Waals surface area contributed by atoms with Gasteiger partial charge in [-0.2, -0.15) is 0 Å². The molecule has 58 valence electrons. The molecule has 0 fully saturated rings. The van der Waals surface area contributed by atoms with E-state index in [9.17, 15) is 0 Å². The second-order valence-electron chi connectivity index (χ2n) is 0. The molecule has 0 rings (SSSR count). The minimum Gasteiger partial charge on any atom is -0.0776 e. The zero-order chi connectivity index (χ0) is 0. The molecule has 2 radical (unpaired) electrons. The molecule has 0 heterocycles. The molecule has 0 aromatic carbocycles. The van der Waals surface area contributed by atoms with Gasteiger partial charge in [0.2, 0.25) is 0 Å². The Bertz CT molecular complexity index is 6.88. The molecule has 0 bridgehead atoms. The van der Waals surface area contributed by atoms with Crippen LogP contribution in [-0.2, 0) is 0 Å². The van der Waals surface area contributed by atoms with Gasteiger partial charge < -0.3 is 0 Å². The van der Waals surface area contributed by atoms with Crippen molar-refractivity contribution >= 4 is 37.7 Å². The zero-order valence-electron chi connectivity index (χ0n) is 2.00. The summed E-state index contributed by atoms with van der Waals surface area (Å²) in [5, 5.41) is 0. The van der Waals surface area contributed by atoms with Gasteiger partial charge in [-0.05, 0) is 0 Å². The fraction of sp³-hybridized carbons (Fsp3) is 1.00. The first-order valence-corrected chi connectivity index (χ1v) is 0.